The minimum atomic E-state index is -0.133. The summed E-state index contributed by atoms with van der Waals surface area (Å²) in [5.41, 5.74) is 0.993. The predicted molar refractivity (Wildman–Crippen MR) is 49.3 cm³/mol. The van der Waals surface area contributed by atoms with Crippen molar-refractivity contribution in [2.45, 2.75) is 32.6 Å². The lowest BCUT2D eigenvalue weighted by Gasteiger charge is -1.98. The van der Waals surface area contributed by atoms with Crippen LogP contribution in [0.15, 0.2) is 10.7 Å². The number of hydrogen-bond donors (Lipinski definition) is 0. The van der Waals surface area contributed by atoms with Gasteiger partial charge in [0.15, 0.2) is 0 Å². The third-order valence-electron chi connectivity index (χ3n) is 1.53. The minimum absolute atomic E-state index is 0.133. The van der Waals surface area contributed by atoms with Crippen LogP contribution in [0.5, 0.6) is 0 Å². The second kappa shape index (κ2) is 3.94. The molecular weight excluding hydrogens is 174 g/mol. The highest BCUT2D eigenvalue weighted by Gasteiger charge is 2.09. The molecule has 68 valence electrons. The van der Waals surface area contributed by atoms with Gasteiger partial charge < -0.3 is 4.42 Å². The van der Waals surface area contributed by atoms with Crippen molar-refractivity contribution < 1.29 is 4.42 Å². The summed E-state index contributed by atoms with van der Waals surface area (Å²) in [5, 5.41) is -0.133. The molecule has 0 saturated carbocycles. The van der Waals surface area contributed by atoms with Crippen molar-refractivity contribution in [3.05, 3.63) is 17.8 Å². The first kappa shape index (κ1) is 9.59. The highest BCUT2D eigenvalue weighted by atomic mass is 35.5. The molecule has 0 aliphatic rings. The van der Waals surface area contributed by atoms with E-state index >= 15 is 0 Å². The lowest BCUT2D eigenvalue weighted by molar-refractivity contribution is 0.495. The molecule has 0 spiro atoms. The summed E-state index contributed by atoms with van der Waals surface area (Å²) in [7, 11) is 0. The summed E-state index contributed by atoms with van der Waals surface area (Å²) in [6.07, 6.45) is 2.64. The van der Waals surface area contributed by atoms with Gasteiger partial charge in [0.05, 0.1) is 5.69 Å². The van der Waals surface area contributed by atoms with Gasteiger partial charge in [-0.1, -0.05) is 13.8 Å². The summed E-state index contributed by atoms with van der Waals surface area (Å²) in [4.78, 5) is 4.25. The Hall–Kier alpha value is -0.500. The molecule has 1 aromatic heterocycles. The standard InChI is InChI=1S/C9H14ClNO/c1-6(2)4-8-5-12-9(11-8)7(3)10/h5-7H,4H2,1-3H3/t7-/m0/s1. The summed E-state index contributed by atoms with van der Waals surface area (Å²) >= 11 is 5.80. The fourth-order valence-electron chi connectivity index (χ4n) is 1.02. The molecule has 0 saturated heterocycles. The lowest BCUT2D eigenvalue weighted by atomic mass is 10.1. The van der Waals surface area contributed by atoms with Crippen molar-refractivity contribution in [2.75, 3.05) is 0 Å². The Bertz CT molecular complexity index is 242. The van der Waals surface area contributed by atoms with Gasteiger partial charge in [-0.3, -0.25) is 0 Å². The van der Waals surface area contributed by atoms with Crippen LogP contribution in [0.25, 0.3) is 0 Å². The molecule has 0 aliphatic heterocycles. The van der Waals surface area contributed by atoms with Gasteiger partial charge in [-0.15, -0.1) is 11.6 Å². The molecule has 0 amide bonds. The monoisotopic (exact) mass is 187 g/mol. The first-order chi connectivity index (χ1) is 5.59. The minimum Gasteiger partial charge on any atom is -0.447 e. The number of hydrogen-bond acceptors (Lipinski definition) is 2. The molecule has 3 heteroatoms. The normalized spacial score (nSPS) is 13.8. The Balaban J connectivity index is 2.64. The number of rotatable bonds is 3. The Morgan fingerprint density at radius 3 is 2.58 bits per heavy atom. The Labute approximate surface area is 77.9 Å². The second-order valence-electron chi connectivity index (χ2n) is 3.39. The quantitative estimate of drug-likeness (QED) is 0.680. The molecule has 0 aliphatic carbocycles. The molecule has 0 N–H and O–H groups in total. The van der Waals surface area contributed by atoms with E-state index in [0.29, 0.717) is 11.8 Å². The first-order valence-corrected chi connectivity index (χ1v) is 4.61. The summed E-state index contributed by atoms with van der Waals surface area (Å²) < 4.78 is 5.18. The van der Waals surface area contributed by atoms with Crippen molar-refractivity contribution in [1.29, 1.82) is 0 Å². The van der Waals surface area contributed by atoms with E-state index < -0.39 is 0 Å². The zero-order valence-electron chi connectivity index (χ0n) is 7.67. The Morgan fingerprint density at radius 2 is 2.17 bits per heavy atom. The van der Waals surface area contributed by atoms with Crippen LogP contribution in [-0.2, 0) is 6.42 Å². The van der Waals surface area contributed by atoms with E-state index in [1.165, 1.54) is 0 Å². The average molecular weight is 188 g/mol. The van der Waals surface area contributed by atoms with Crippen LogP contribution in [0.4, 0.5) is 0 Å². The maximum absolute atomic E-state index is 5.80. The number of alkyl halides is 1. The molecule has 0 unspecified atom stereocenters. The van der Waals surface area contributed by atoms with Gasteiger partial charge in [0.1, 0.15) is 11.6 Å². The average Bonchev–Trinajstić information content (AvgIpc) is 2.34. The zero-order valence-corrected chi connectivity index (χ0v) is 8.43. The van der Waals surface area contributed by atoms with E-state index in [2.05, 4.69) is 18.8 Å². The smallest absolute Gasteiger partial charge is 0.211 e. The third kappa shape index (κ3) is 2.52. The topological polar surface area (TPSA) is 26.0 Å². The van der Waals surface area contributed by atoms with E-state index in [4.69, 9.17) is 16.0 Å². The largest absolute Gasteiger partial charge is 0.447 e. The van der Waals surface area contributed by atoms with Gasteiger partial charge in [0.2, 0.25) is 5.89 Å². The molecular formula is C9H14ClNO. The van der Waals surface area contributed by atoms with Crippen LogP contribution in [0.3, 0.4) is 0 Å². The summed E-state index contributed by atoms with van der Waals surface area (Å²) in [6, 6.07) is 0. The summed E-state index contributed by atoms with van der Waals surface area (Å²) in [5.74, 6) is 1.22. The van der Waals surface area contributed by atoms with Gasteiger partial charge in [-0.25, -0.2) is 4.98 Å². The summed E-state index contributed by atoms with van der Waals surface area (Å²) in [6.45, 7) is 6.16. The van der Waals surface area contributed by atoms with Gasteiger partial charge in [-0.05, 0) is 19.3 Å². The first-order valence-electron chi connectivity index (χ1n) is 4.18. The SMILES string of the molecule is CC(C)Cc1coc([C@H](C)Cl)n1. The lowest BCUT2D eigenvalue weighted by Crippen LogP contribution is -1.94. The van der Waals surface area contributed by atoms with Crippen molar-refractivity contribution in [2.24, 2.45) is 5.92 Å². The van der Waals surface area contributed by atoms with Crippen LogP contribution >= 0.6 is 11.6 Å². The molecule has 1 rings (SSSR count). The number of halogens is 1. The van der Waals surface area contributed by atoms with Crippen LogP contribution in [0.2, 0.25) is 0 Å². The van der Waals surface area contributed by atoms with Crippen LogP contribution < -0.4 is 0 Å². The highest BCUT2D eigenvalue weighted by Crippen LogP contribution is 2.19. The molecule has 1 atom stereocenters. The number of oxazole rings is 1. The van der Waals surface area contributed by atoms with Crippen LogP contribution in [0.1, 0.15) is 37.7 Å². The second-order valence-corrected chi connectivity index (χ2v) is 4.05. The fourth-order valence-corrected chi connectivity index (χ4v) is 1.12. The van der Waals surface area contributed by atoms with E-state index in [-0.39, 0.29) is 5.38 Å². The van der Waals surface area contributed by atoms with E-state index in [0.717, 1.165) is 12.1 Å². The van der Waals surface area contributed by atoms with Gasteiger partial charge >= 0.3 is 0 Å². The van der Waals surface area contributed by atoms with Crippen LogP contribution in [0, 0.1) is 5.92 Å². The Kier molecular flexibility index (Phi) is 3.15. The maximum Gasteiger partial charge on any atom is 0.211 e. The molecule has 2 nitrogen and oxygen atoms in total. The number of nitrogens with zero attached hydrogens (tertiary/aromatic N) is 1. The zero-order chi connectivity index (χ0) is 9.14. The Morgan fingerprint density at radius 1 is 1.50 bits per heavy atom. The molecule has 0 radical (unpaired) electrons. The third-order valence-corrected chi connectivity index (χ3v) is 1.71. The molecule has 0 fully saturated rings. The fraction of sp³-hybridized carbons (Fsp3) is 0.667. The van der Waals surface area contributed by atoms with E-state index in [9.17, 15) is 0 Å². The molecule has 0 aromatic carbocycles. The van der Waals surface area contributed by atoms with Gasteiger partial charge in [0, 0.05) is 0 Å². The van der Waals surface area contributed by atoms with E-state index in [1.54, 1.807) is 6.26 Å². The molecule has 12 heavy (non-hydrogen) atoms. The van der Waals surface area contributed by atoms with Crippen LogP contribution in [-0.4, -0.2) is 4.98 Å². The molecule has 0 bridgehead atoms. The van der Waals surface area contributed by atoms with Gasteiger partial charge in [-0.2, -0.15) is 0 Å². The molecule has 1 heterocycles. The van der Waals surface area contributed by atoms with Crippen molar-refractivity contribution >= 4 is 11.6 Å². The highest BCUT2D eigenvalue weighted by molar-refractivity contribution is 6.20. The van der Waals surface area contributed by atoms with Crippen molar-refractivity contribution in [3.8, 4) is 0 Å². The van der Waals surface area contributed by atoms with Crippen molar-refractivity contribution in [1.82, 2.24) is 4.98 Å². The van der Waals surface area contributed by atoms with E-state index in [1.807, 2.05) is 6.92 Å². The van der Waals surface area contributed by atoms with Crippen molar-refractivity contribution in [3.63, 3.8) is 0 Å². The van der Waals surface area contributed by atoms with Gasteiger partial charge in [0.25, 0.3) is 0 Å². The predicted octanol–water partition coefficient (Wildman–Crippen LogP) is 3.17. The number of aromatic nitrogens is 1. The molecule has 1 aromatic rings. The maximum atomic E-state index is 5.80.